The van der Waals surface area contributed by atoms with Crippen LogP contribution in [0.25, 0.3) is 0 Å². The van der Waals surface area contributed by atoms with Crippen molar-refractivity contribution in [1.82, 2.24) is 5.32 Å². The molecule has 2 aromatic rings. The summed E-state index contributed by atoms with van der Waals surface area (Å²) in [5.74, 6) is -8.54. The number of phenolic OH excluding ortho intramolecular Hbond substituents is 1. The van der Waals surface area contributed by atoms with Crippen LogP contribution in [0.15, 0.2) is 23.9 Å². The quantitative estimate of drug-likeness (QED) is 0.206. The molecule has 2 aromatic carbocycles. The molecule has 0 saturated carbocycles. The number of aliphatic hydroxyl groups excluding tert-OH is 2. The SMILES string of the molecule is CO[C@@H]1[C@@H](O)[C@@H](OC)C(NC2=CC(=O)c3c(cc4c(c3O)C(=O)C3(OC)C(O)Cc5cc(C)c(C(=O)O)c(O)c5C3(O)C4=O)C2=O)O[C@H]1C. The monoisotopic (exact) mass is 683 g/mol. The van der Waals surface area contributed by atoms with Crippen LogP contribution in [0.2, 0.25) is 0 Å². The molecule has 260 valence electrons. The summed E-state index contributed by atoms with van der Waals surface area (Å²) in [7, 11) is 3.53. The second-order valence-electron chi connectivity index (χ2n) is 12.4. The number of aryl methyl sites for hydroxylation is 1. The summed E-state index contributed by atoms with van der Waals surface area (Å²) in [6, 6.07) is 2.05. The topological polar surface area (TPSA) is 256 Å². The minimum Gasteiger partial charge on any atom is -0.507 e. The van der Waals surface area contributed by atoms with Crippen molar-refractivity contribution in [2.24, 2.45) is 0 Å². The van der Waals surface area contributed by atoms with Crippen LogP contribution in [-0.4, -0.2) is 123 Å². The Morgan fingerprint density at radius 2 is 1.61 bits per heavy atom. The third kappa shape index (κ3) is 4.32. The molecule has 7 N–H and O–H groups in total. The molecule has 1 fully saturated rings. The van der Waals surface area contributed by atoms with Crippen molar-refractivity contribution in [3.63, 3.8) is 0 Å². The molecule has 0 spiro atoms. The van der Waals surface area contributed by atoms with Gasteiger partial charge in [-0.05, 0) is 31.0 Å². The highest BCUT2D eigenvalue weighted by atomic mass is 16.6. The van der Waals surface area contributed by atoms with Crippen LogP contribution in [-0.2, 0) is 31.0 Å². The molecule has 16 nitrogen and oxygen atoms in total. The van der Waals surface area contributed by atoms with Gasteiger partial charge in [-0.1, -0.05) is 6.07 Å². The smallest absolute Gasteiger partial charge is 0.339 e. The minimum atomic E-state index is -3.29. The highest BCUT2D eigenvalue weighted by molar-refractivity contribution is 6.30. The number of carboxylic acid groups (broad SMARTS) is 1. The Bertz CT molecular complexity index is 1900. The Kier molecular flexibility index (Phi) is 8.07. The number of methoxy groups -OCH3 is 3. The summed E-state index contributed by atoms with van der Waals surface area (Å²) in [4.78, 5) is 68.2. The molecular weight excluding hydrogens is 650 g/mol. The maximum absolute atomic E-state index is 14.5. The molecule has 1 aliphatic heterocycles. The Hall–Kier alpha value is -4.55. The molecule has 4 unspecified atom stereocenters. The first-order valence-electron chi connectivity index (χ1n) is 15.0. The number of carbonyl (C=O) groups excluding carboxylic acids is 4. The molecule has 6 rings (SSSR count). The number of aromatic carboxylic acids is 1. The lowest BCUT2D eigenvalue weighted by atomic mass is 9.56. The van der Waals surface area contributed by atoms with E-state index in [1.165, 1.54) is 27.2 Å². The molecule has 49 heavy (non-hydrogen) atoms. The van der Waals surface area contributed by atoms with Crippen molar-refractivity contribution >= 4 is 29.1 Å². The number of rotatable bonds is 6. The molecule has 0 amide bonds. The standard InChI is InChI=1S/C33H33NO15/c1-10-6-12-7-17(36)33(48-5)29(42)20-14(28(41)32(33,45)21(12)24(39)18(10)31(43)44)8-13-19(23(20)38)16(35)9-15(22(13)37)34-30-27(47-4)25(40)26(46-3)11(2)49-30/h6,8-9,11,17,25-27,30,34,36,38-40,45H,7H2,1-5H3,(H,43,44)/t11-,17?,25+,26-,27+,30?,32?,33?/m0/s1. The van der Waals surface area contributed by atoms with E-state index in [9.17, 15) is 54.6 Å². The van der Waals surface area contributed by atoms with E-state index in [1.807, 2.05) is 0 Å². The minimum absolute atomic E-state index is 0.0272. The fourth-order valence-corrected chi connectivity index (χ4v) is 7.76. The normalized spacial score (nSPS) is 32.1. The van der Waals surface area contributed by atoms with Gasteiger partial charge in [-0.3, -0.25) is 19.2 Å². The lowest BCUT2D eigenvalue weighted by Crippen LogP contribution is -2.73. The van der Waals surface area contributed by atoms with Gasteiger partial charge in [0.2, 0.25) is 17.3 Å². The molecule has 0 radical (unpaired) electrons. The van der Waals surface area contributed by atoms with Crippen molar-refractivity contribution in [3.8, 4) is 11.5 Å². The number of carboxylic acids is 1. The van der Waals surface area contributed by atoms with Crippen LogP contribution in [0.5, 0.6) is 11.5 Å². The van der Waals surface area contributed by atoms with E-state index in [-0.39, 0.29) is 11.1 Å². The van der Waals surface area contributed by atoms with E-state index < -0.39 is 134 Å². The summed E-state index contributed by atoms with van der Waals surface area (Å²) in [6.07, 6.45) is -6.68. The average molecular weight is 684 g/mol. The van der Waals surface area contributed by atoms with Gasteiger partial charge >= 0.3 is 5.97 Å². The molecule has 8 atom stereocenters. The third-order valence-electron chi connectivity index (χ3n) is 9.98. The van der Waals surface area contributed by atoms with Gasteiger partial charge in [0, 0.05) is 50.5 Å². The molecule has 4 aliphatic rings. The number of ketones is 4. The van der Waals surface area contributed by atoms with Crippen LogP contribution in [0.3, 0.4) is 0 Å². The fraction of sp³-hybridized carbons (Fsp3) is 0.424. The predicted octanol–water partition coefficient (Wildman–Crippen LogP) is -0.338. The summed E-state index contributed by atoms with van der Waals surface area (Å²) >= 11 is 0. The summed E-state index contributed by atoms with van der Waals surface area (Å²) in [5.41, 5.74) is -10.9. The number of aromatic hydroxyl groups is 2. The van der Waals surface area contributed by atoms with Crippen LogP contribution in [0, 0.1) is 6.92 Å². The number of allylic oxidation sites excluding steroid dienone is 2. The van der Waals surface area contributed by atoms with E-state index in [1.54, 1.807) is 6.92 Å². The molecule has 1 saturated heterocycles. The highest BCUT2D eigenvalue weighted by Crippen LogP contribution is 2.56. The number of ether oxygens (including phenoxy) is 4. The number of carbonyl (C=O) groups is 5. The third-order valence-corrected chi connectivity index (χ3v) is 9.98. The zero-order valence-corrected chi connectivity index (χ0v) is 26.8. The summed E-state index contributed by atoms with van der Waals surface area (Å²) in [6.45, 7) is 2.95. The zero-order valence-electron chi connectivity index (χ0n) is 26.8. The Labute approximate surface area is 277 Å². The number of phenols is 2. The van der Waals surface area contributed by atoms with Crippen molar-refractivity contribution in [2.45, 2.75) is 68.2 Å². The van der Waals surface area contributed by atoms with Crippen molar-refractivity contribution in [2.75, 3.05) is 21.3 Å². The van der Waals surface area contributed by atoms with Crippen molar-refractivity contribution in [3.05, 3.63) is 68.4 Å². The van der Waals surface area contributed by atoms with E-state index in [2.05, 4.69) is 5.32 Å². The van der Waals surface area contributed by atoms with Gasteiger partial charge in [0.15, 0.2) is 23.2 Å². The molecule has 0 bridgehead atoms. The predicted molar refractivity (Wildman–Crippen MR) is 162 cm³/mol. The number of hydrogen-bond acceptors (Lipinski definition) is 15. The second-order valence-corrected chi connectivity index (χ2v) is 12.4. The number of benzene rings is 2. The number of fused-ring (bicyclic) bond motifs is 5. The number of nitrogens with one attached hydrogen (secondary N) is 1. The fourth-order valence-electron chi connectivity index (χ4n) is 7.76. The number of aliphatic hydroxyl groups is 3. The maximum Gasteiger partial charge on any atom is 0.339 e. The van der Waals surface area contributed by atoms with Crippen molar-refractivity contribution < 1.29 is 73.6 Å². The Morgan fingerprint density at radius 3 is 2.20 bits per heavy atom. The Morgan fingerprint density at radius 1 is 0.959 bits per heavy atom. The Balaban J connectivity index is 1.51. The first-order chi connectivity index (χ1) is 23.0. The number of hydrogen-bond donors (Lipinski definition) is 7. The van der Waals surface area contributed by atoms with Gasteiger partial charge < -0.3 is 54.9 Å². The van der Waals surface area contributed by atoms with Crippen LogP contribution in [0.1, 0.15) is 75.4 Å². The van der Waals surface area contributed by atoms with Crippen LogP contribution >= 0.6 is 0 Å². The second kappa shape index (κ2) is 11.5. The van der Waals surface area contributed by atoms with Gasteiger partial charge in [0.05, 0.1) is 29.0 Å². The molecule has 16 heteroatoms. The maximum atomic E-state index is 14.5. The first kappa shape index (κ1) is 34.3. The molecule has 3 aliphatic carbocycles. The van der Waals surface area contributed by atoms with E-state index >= 15 is 0 Å². The number of Topliss-reactive ketones (excluding diaryl/α,β-unsaturated/α-hetero) is 3. The first-order valence-corrected chi connectivity index (χ1v) is 15.0. The molecule has 0 aromatic heterocycles. The van der Waals surface area contributed by atoms with Gasteiger partial charge in [-0.15, -0.1) is 0 Å². The lowest BCUT2D eigenvalue weighted by molar-refractivity contribution is -0.236. The molecule has 1 heterocycles. The van der Waals surface area contributed by atoms with E-state index in [0.717, 1.165) is 19.3 Å². The van der Waals surface area contributed by atoms with Crippen molar-refractivity contribution in [1.29, 1.82) is 0 Å². The van der Waals surface area contributed by atoms with Crippen LogP contribution in [0.4, 0.5) is 0 Å². The van der Waals surface area contributed by atoms with Gasteiger partial charge in [-0.2, -0.15) is 0 Å². The molecular formula is C33H33NO15. The van der Waals surface area contributed by atoms with E-state index in [4.69, 9.17) is 18.9 Å². The largest absolute Gasteiger partial charge is 0.507 e. The highest BCUT2D eigenvalue weighted by Gasteiger charge is 2.72. The zero-order chi connectivity index (χ0) is 36.1. The van der Waals surface area contributed by atoms with Gasteiger partial charge in [0.1, 0.15) is 35.4 Å². The van der Waals surface area contributed by atoms with Crippen LogP contribution < -0.4 is 5.32 Å². The summed E-state index contributed by atoms with van der Waals surface area (Å²) in [5, 5.41) is 69.6. The average Bonchev–Trinajstić information content (AvgIpc) is 3.02. The van der Waals surface area contributed by atoms with Gasteiger partial charge in [-0.25, -0.2) is 4.79 Å². The lowest BCUT2D eigenvalue weighted by Gasteiger charge is -2.52. The summed E-state index contributed by atoms with van der Waals surface area (Å²) < 4.78 is 21.9. The van der Waals surface area contributed by atoms with Gasteiger partial charge in [0.25, 0.3) is 0 Å². The van der Waals surface area contributed by atoms with E-state index in [0.29, 0.717) is 0 Å².